The second kappa shape index (κ2) is 4.61. The van der Waals surface area contributed by atoms with Crippen LogP contribution in [0.15, 0.2) is 0 Å². The van der Waals surface area contributed by atoms with Crippen LogP contribution in [0.25, 0.3) is 0 Å². The number of hydrogen-bond donors (Lipinski definition) is 0. The van der Waals surface area contributed by atoms with Crippen LogP contribution in [0.3, 0.4) is 0 Å². The molecule has 0 aliphatic carbocycles. The molecule has 1 saturated heterocycles. The maximum absolute atomic E-state index is 11.1. The molecule has 0 amide bonds. The van der Waals surface area contributed by atoms with E-state index in [9.17, 15) is 4.79 Å². The van der Waals surface area contributed by atoms with E-state index in [4.69, 9.17) is 0 Å². The predicted octanol–water partition coefficient (Wildman–Crippen LogP) is 1.84. The smallest absolute Gasteiger partial charge is 0.132 e. The second-order valence-corrected chi connectivity index (χ2v) is 3.71. The quantitative estimate of drug-likeness (QED) is 0.640. The summed E-state index contributed by atoms with van der Waals surface area (Å²) < 4.78 is 0. The minimum atomic E-state index is 0.412. The number of carbonyl (C=O) groups excluding carboxylic acids is 1. The summed E-state index contributed by atoms with van der Waals surface area (Å²) in [4.78, 5) is 13.4. The molecule has 0 bridgehead atoms. The highest BCUT2D eigenvalue weighted by atomic mass is 16.1. The number of carbonyl (C=O) groups is 1. The number of nitrogens with zero attached hydrogens (tertiary/aromatic N) is 1. The molecule has 1 unspecified atom stereocenters. The van der Waals surface area contributed by atoms with Gasteiger partial charge < -0.3 is 4.90 Å². The summed E-state index contributed by atoms with van der Waals surface area (Å²) in [6.45, 7) is 3.16. The summed E-state index contributed by atoms with van der Waals surface area (Å²) in [5, 5.41) is 0. The molecular weight excluding hydrogens is 150 g/mol. The second-order valence-electron chi connectivity index (χ2n) is 3.71. The van der Waals surface area contributed by atoms with Gasteiger partial charge in [-0.1, -0.05) is 6.92 Å². The van der Waals surface area contributed by atoms with Gasteiger partial charge in [0.25, 0.3) is 0 Å². The summed E-state index contributed by atoms with van der Waals surface area (Å²) in [6.07, 6.45) is 5.15. The molecule has 0 radical (unpaired) electrons. The minimum Gasteiger partial charge on any atom is -0.303 e. The molecule has 0 N–H and O–H groups in total. The van der Waals surface area contributed by atoms with E-state index in [1.54, 1.807) is 0 Å². The molecule has 0 spiro atoms. The van der Waals surface area contributed by atoms with Gasteiger partial charge >= 0.3 is 0 Å². The average molecular weight is 169 g/mol. The predicted molar refractivity (Wildman–Crippen MR) is 50.2 cm³/mol. The molecule has 2 heteroatoms. The Balaban J connectivity index is 2.18. The number of rotatable bonds is 4. The Morgan fingerprint density at radius 3 is 2.83 bits per heavy atom. The third-order valence-electron chi connectivity index (χ3n) is 2.82. The van der Waals surface area contributed by atoms with Crippen LogP contribution in [0, 0.1) is 0 Å². The molecular formula is C10H19NO. The minimum absolute atomic E-state index is 0.412. The van der Waals surface area contributed by atoms with E-state index < -0.39 is 0 Å². The van der Waals surface area contributed by atoms with E-state index in [1.807, 2.05) is 6.92 Å². The fourth-order valence-electron chi connectivity index (χ4n) is 1.85. The lowest BCUT2D eigenvalue weighted by atomic mass is 10.1. The van der Waals surface area contributed by atoms with Crippen molar-refractivity contribution in [2.45, 2.75) is 45.1 Å². The molecule has 0 saturated carbocycles. The first kappa shape index (κ1) is 9.72. The third kappa shape index (κ3) is 2.59. The third-order valence-corrected chi connectivity index (χ3v) is 2.82. The van der Waals surface area contributed by atoms with E-state index in [0.29, 0.717) is 18.2 Å². The topological polar surface area (TPSA) is 20.3 Å². The van der Waals surface area contributed by atoms with Crippen LogP contribution in [-0.2, 0) is 4.79 Å². The maximum atomic E-state index is 11.1. The fraction of sp³-hybridized carbons (Fsp3) is 0.900. The van der Waals surface area contributed by atoms with Gasteiger partial charge in [-0.2, -0.15) is 0 Å². The fourth-order valence-corrected chi connectivity index (χ4v) is 1.85. The molecule has 1 aliphatic heterocycles. The van der Waals surface area contributed by atoms with E-state index in [0.717, 1.165) is 12.8 Å². The highest BCUT2D eigenvalue weighted by Gasteiger charge is 2.20. The lowest BCUT2D eigenvalue weighted by Crippen LogP contribution is -2.25. The Bertz CT molecular complexity index is 156. The van der Waals surface area contributed by atoms with Crippen molar-refractivity contribution in [1.82, 2.24) is 4.90 Å². The Labute approximate surface area is 74.9 Å². The van der Waals surface area contributed by atoms with Crippen molar-refractivity contribution in [3.8, 4) is 0 Å². The van der Waals surface area contributed by atoms with Gasteiger partial charge in [0.15, 0.2) is 0 Å². The monoisotopic (exact) mass is 169 g/mol. The van der Waals surface area contributed by atoms with Gasteiger partial charge in [-0.05, 0) is 32.9 Å². The van der Waals surface area contributed by atoms with Crippen molar-refractivity contribution in [2.24, 2.45) is 0 Å². The van der Waals surface area contributed by atoms with Crippen LogP contribution in [0.2, 0.25) is 0 Å². The number of Topliss-reactive ketones (excluding diaryl/α,β-unsaturated/α-hetero) is 1. The highest BCUT2D eigenvalue weighted by Crippen LogP contribution is 2.19. The van der Waals surface area contributed by atoms with Crippen LogP contribution in [0.4, 0.5) is 0 Å². The van der Waals surface area contributed by atoms with E-state index in [-0.39, 0.29) is 0 Å². The molecule has 0 aromatic carbocycles. The lowest BCUT2D eigenvalue weighted by Gasteiger charge is -2.18. The van der Waals surface area contributed by atoms with Crippen molar-refractivity contribution in [3.63, 3.8) is 0 Å². The van der Waals surface area contributed by atoms with Crippen LogP contribution in [0.5, 0.6) is 0 Å². The highest BCUT2D eigenvalue weighted by molar-refractivity contribution is 5.77. The maximum Gasteiger partial charge on any atom is 0.132 e. The van der Waals surface area contributed by atoms with Gasteiger partial charge in [0, 0.05) is 18.9 Å². The molecule has 12 heavy (non-hydrogen) atoms. The standard InChI is InChI=1S/C10H19NO/c1-3-10(12)7-6-9-5-4-8-11(9)2/h9H,3-8H2,1-2H3. The van der Waals surface area contributed by atoms with E-state index in [1.165, 1.54) is 19.4 Å². The lowest BCUT2D eigenvalue weighted by molar-refractivity contribution is -0.119. The Morgan fingerprint density at radius 1 is 1.58 bits per heavy atom. The number of hydrogen-bond acceptors (Lipinski definition) is 2. The normalized spacial score (nSPS) is 24.7. The average Bonchev–Trinajstić information content (AvgIpc) is 2.47. The first-order valence-corrected chi connectivity index (χ1v) is 4.96. The van der Waals surface area contributed by atoms with Gasteiger partial charge in [0.2, 0.25) is 0 Å². The van der Waals surface area contributed by atoms with Crippen molar-refractivity contribution < 1.29 is 4.79 Å². The Morgan fingerprint density at radius 2 is 2.33 bits per heavy atom. The summed E-state index contributed by atoms with van der Waals surface area (Å²) in [5.41, 5.74) is 0. The first-order chi connectivity index (χ1) is 5.74. The zero-order chi connectivity index (χ0) is 8.97. The van der Waals surface area contributed by atoms with Gasteiger partial charge in [0.05, 0.1) is 0 Å². The summed E-state index contributed by atoms with van der Waals surface area (Å²) in [7, 11) is 2.16. The van der Waals surface area contributed by atoms with Crippen molar-refractivity contribution >= 4 is 5.78 Å². The van der Waals surface area contributed by atoms with Crippen molar-refractivity contribution in [1.29, 1.82) is 0 Å². The van der Waals surface area contributed by atoms with E-state index >= 15 is 0 Å². The van der Waals surface area contributed by atoms with Gasteiger partial charge in [0.1, 0.15) is 5.78 Å². The molecule has 0 aromatic rings. The molecule has 0 aromatic heterocycles. The summed E-state index contributed by atoms with van der Waals surface area (Å²) in [6, 6.07) is 0.681. The molecule has 1 atom stereocenters. The van der Waals surface area contributed by atoms with Crippen molar-refractivity contribution in [2.75, 3.05) is 13.6 Å². The Hall–Kier alpha value is -0.370. The molecule has 1 heterocycles. The molecule has 2 nitrogen and oxygen atoms in total. The zero-order valence-electron chi connectivity index (χ0n) is 8.18. The van der Waals surface area contributed by atoms with Gasteiger partial charge in [-0.25, -0.2) is 0 Å². The summed E-state index contributed by atoms with van der Waals surface area (Å²) >= 11 is 0. The van der Waals surface area contributed by atoms with Crippen LogP contribution in [-0.4, -0.2) is 30.3 Å². The summed E-state index contributed by atoms with van der Waals surface area (Å²) in [5.74, 6) is 0.412. The van der Waals surface area contributed by atoms with Crippen LogP contribution in [0.1, 0.15) is 39.0 Å². The van der Waals surface area contributed by atoms with E-state index in [2.05, 4.69) is 11.9 Å². The van der Waals surface area contributed by atoms with Crippen molar-refractivity contribution in [3.05, 3.63) is 0 Å². The molecule has 1 aliphatic rings. The largest absolute Gasteiger partial charge is 0.303 e. The Kier molecular flexibility index (Phi) is 3.73. The molecule has 70 valence electrons. The zero-order valence-corrected chi connectivity index (χ0v) is 8.18. The first-order valence-electron chi connectivity index (χ1n) is 4.96. The number of ketones is 1. The molecule has 1 fully saturated rings. The molecule has 1 rings (SSSR count). The van der Waals surface area contributed by atoms with Gasteiger partial charge in [-0.15, -0.1) is 0 Å². The van der Waals surface area contributed by atoms with Crippen LogP contribution < -0.4 is 0 Å². The SMILES string of the molecule is CCC(=O)CCC1CCCN1C. The van der Waals surface area contributed by atoms with Crippen LogP contribution >= 0.6 is 0 Å². The van der Waals surface area contributed by atoms with Gasteiger partial charge in [-0.3, -0.25) is 4.79 Å². The number of likely N-dealkylation sites (tertiary alicyclic amines) is 1.